The number of carboxylic acid groups (broad SMARTS) is 1. The number of aromatic carboxylic acids is 1. The highest BCUT2D eigenvalue weighted by Gasteiger charge is 2.08. The Hall–Kier alpha value is -1.00. The molecule has 2 N–H and O–H groups in total. The number of carbonyl (C=O) groups excluding carboxylic acids is 1. The highest BCUT2D eigenvalue weighted by molar-refractivity contribution is 6.36. The second kappa shape index (κ2) is 3.16. The molecule has 0 aliphatic carbocycles. The van der Waals surface area contributed by atoms with Crippen molar-refractivity contribution >= 4 is 34.9 Å². The Labute approximate surface area is 77.9 Å². The van der Waals surface area contributed by atoms with Gasteiger partial charge in [-0.2, -0.15) is 0 Å². The van der Waals surface area contributed by atoms with Gasteiger partial charge in [0.25, 0.3) is 0 Å². The van der Waals surface area contributed by atoms with Crippen molar-refractivity contribution < 1.29 is 9.90 Å². The number of hydrogen-bond donors (Lipinski definition) is 1. The van der Waals surface area contributed by atoms with Gasteiger partial charge in [0.2, 0.25) is 0 Å². The quantitative estimate of drug-likeness (QED) is 0.671. The second-order valence-corrected chi connectivity index (χ2v) is 2.75. The molecule has 4 nitrogen and oxygen atoms in total. The van der Waals surface area contributed by atoms with E-state index >= 15 is 0 Å². The maximum Gasteiger partial charge on any atom is 0.131 e. The van der Waals surface area contributed by atoms with Crippen LogP contribution in [0.1, 0.15) is 10.5 Å². The average molecular weight is 206 g/mol. The highest BCUT2D eigenvalue weighted by Crippen LogP contribution is 2.24. The zero-order valence-corrected chi connectivity index (χ0v) is 7.19. The van der Waals surface area contributed by atoms with E-state index in [-0.39, 0.29) is 15.9 Å². The number of hydrogen-bond acceptors (Lipinski definition) is 4. The van der Waals surface area contributed by atoms with Crippen LogP contribution < -0.4 is 10.8 Å². The predicted octanol–water partition coefficient (Wildman–Crippen LogP) is 0.334. The second-order valence-electron chi connectivity index (χ2n) is 1.98. The van der Waals surface area contributed by atoms with E-state index in [2.05, 4.69) is 4.98 Å². The number of nitrogen functional groups attached to an aromatic ring is 1. The summed E-state index contributed by atoms with van der Waals surface area (Å²) in [7, 11) is 0. The Morgan fingerprint density at radius 2 is 2.17 bits per heavy atom. The zero-order chi connectivity index (χ0) is 9.30. The number of halogens is 2. The van der Waals surface area contributed by atoms with Crippen LogP contribution in [0.3, 0.4) is 0 Å². The minimum atomic E-state index is -1.51. The van der Waals surface area contributed by atoms with Crippen molar-refractivity contribution in [3.05, 3.63) is 21.9 Å². The molecule has 0 aliphatic rings. The lowest BCUT2D eigenvalue weighted by Crippen LogP contribution is -2.24. The summed E-state index contributed by atoms with van der Waals surface area (Å²) in [6.45, 7) is 0. The van der Waals surface area contributed by atoms with Crippen LogP contribution in [0, 0.1) is 0 Å². The number of anilines is 1. The van der Waals surface area contributed by atoms with Crippen molar-refractivity contribution in [3.63, 3.8) is 0 Å². The number of pyridine rings is 1. The van der Waals surface area contributed by atoms with Gasteiger partial charge in [0, 0.05) is 0 Å². The fourth-order valence-electron chi connectivity index (χ4n) is 0.652. The molecule has 1 heterocycles. The Morgan fingerprint density at radius 3 is 2.67 bits per heavy atom. The van der Waals surface area contributed by atoms with E-state index in [4.69, 9.17) is 28.9 Å². The van der Waals surface area contributed by atoms with Crippen LogP contribution in [0.4, 0.5) is 5.69 Å². The Balaban J connectivity index is 3.37. The molecule has 12 heavy (non-hydrogen) atoms. The van der Waals surface area contributed by atoms with Crippen molar-refractivity contribution in [1.82, 2.24) is 4.98 Å². The van der Waals surface area contributed by atoms with Gasteiger partial charge in [-0.05, 0) is 6.07 Å². The molecular weight excluding hydrogens is 203 g/mol. The number of nitrogens with two attached hydrogens (primary N) is 1. The van der Waals surface area contributed by atoms with Gasteiger partial charge in [0.1, 0.15) is 10.8 Å². The van der Waals surface area contributed by atoms with Gasteiger partial charge in [0.05, 0.1) is 16.7 Å². The highest BCUT2D eigenvalue weighted by atomic mass is 35.5. The topological polar surface area (TPSA) is 79.0 Å². The predicted molar refractivity (Wildman–Crippen MR) is 43.0 cm³/mol. The van der Waals surface area contributed by atoms with Crippen LogP contribution in [-0.2, 0) is 0 Å². The molecule has 0 radical (unpaired) electrons. The van der Waals surface area contributed by atoms with Crippen LogP contribution in [0.5, 0.6) is 0 Å². The van der Waals surface area contributed by atoms with Gasteiger partial charge in [-0.3, -0.25) is 0 Å². The molecular formula is C6H3Cl2N2O2-. The summed E-state index contributed by atoms with van der Waals surface area (Å²) in [5.41, 5.74) is 4.93. The van der Waals surface area contributed by atoms with E-state index in [1.807, 2.05) is 0 Å². The molecule has 0 aliphatic heterocycles. The normalized spacial score (nSPS) is 9.83. The Kier molecular flexibility index (Phi) is 2.40. The van der Waals surface area contributed by atoms with Gasteiger partial charge in [-0.15, -0.1) is 0 Å². The van der Waals surface area contributed by atoms with Crippen LogP contribution in [0.15, 0.2) is 6.07 Å². The van der Waals surface area contributed by atoms with Crippen LogP contribution in [0.25, 0.3) is 0 Å². The number of rotatable bonds is 1. The van der Waals surface area contributed by atoms with E-state index in [9.17, 15) is 9.90 Å². The number of carboxylic acids is 1. The first-order valence-electron chi connectivity index (χ1n) is 2.85. The molecule has 0 saturated carbocycles. The van der Waals surface area contributed by atoms with Crippen LogP contribution >= 0.6 is 23.2 Å². The lowest BCUT2D eigenvalue weighted by atomic mass is 10.3. The smallest absolute Gasteiger partial charge is 0.131 e. The number of nitrogens with zero attached hydrogens (tertiary/aromatic N) is 1. The van der Waals surface area contributed by atoms with E-state index in [0.717, 1.165) is 0 Å². The maximum absolute atomic E-state index is 10.4. The summed E-state index contributed by atoms with van der Waals surface area (Å²) in [4.78, 5) is 13.8. The first kappa shape index (κ1) is 9.09. The van der Waals surface area contributed by atoms with Crippen LogP contribution in [0.2, 0.25) is 10.2 Å². The fourth-order valence-corrected chi connectivity index (χ4v) is 1.03. The third-order valence-electron chi connectivity index (χ3n) is 1.15. The van der Waals surface area contributed by atoms with Crippen molar-refractivity contribution in [3.8, 4) is 0 Å². The third kappa shape index (κ3) is 1.60. The van der Waals surface area contributed by atoms with Gasteiger partial charge < -0.3 is 15.6 Å². The fraction of sp³-hybridized carbons (Fsp3) is 0. The first-order chi connectivity index (χ1) is 5.52. The Morgan fingerprint density at radius 1 is 1.58 bits per heavy atom. The standard InChI is InChI=1S/C6H4Cl2N2O2/c7-3-1-2(9)4(8)5(10-3)6(11)12/h1H,(H2,9,10)(H,11,12)/p-1. The summed E-state index contributed by atoms with van der Waals surface area (Å²) in [6.07, 6.45) is 0. The molecule has 0 aromatic carbocycles. The van der Waals surface area contributed by atoms with Crippen molar-refractivity contribution in [1.29, 1.82) is 0 Å². The summed E-state index contributed by atoms with van der Waals surface area (Å²) in [5, 5.41) is 10.2. The molecule has 0 atom stereocenters. The number of carbonyl (C=O) groups is 1. The SMILES string of the molecule is Nc1cc(Cl)nc(C(=O)[O-])c1Cl. The molecule has 1 rings (SSSR count). The molecule has 0 unspecified atom stereocenters. The van der Waals surface area contributed by atoms with Crippen molar-refractivity contribution in [2.24, 2.45) is 0 Å². The summed E-state index contributed by atoms with van der Waals surface area (Å²) in [5.74, 6) is -1.51. The van der Waals surface area contributed by atoms with E-state index < -0.39 is 11.7 Å². The lowest BCUT2D eigenvalue weighted by molar-refractivity contribution is -0.255. The molecule has 0 amide bonds. The first-order valence-corrected chi connectivity index (χ1v) is 3.61. The summed E-state index contributed by atoms with van der Waals surface area (Å²) in [6, 6.07) is 1.26. The zero-order valence-electron chi connectivity index (χ0n) is 5.67. The number of aromatic nitrogens is 1. The molecule has 1 aromatic heterocycles. The minimum absolute atomic E-state index is 0.0314. The molecule has 64 valence electrons. The van der Waals surface area contributed by atoms with Crippen molar-refractivity contribution in [2.45, 2.75) is 0 Å². The molecule has 0 fully saturated rings. The third-order valence-corrected chi connectivity index (χ3v) is 1.74. The van der Waals surface area contributed by atoms with Gasteiger partial charge in [0.15, 0.2) is 0 Å². The minimum Gasteiger partial charge on any atom is -0.543 e. The monoisotopic (exact) mass is 205 g/mol. The lowest BCUT2D eigenvalue weighted by Gasteiger charge is -2.06. The molecule has 1 aromatic rings. The molecule has 6 heteroatoms. The van der Waals surface area contributed by atoms with Crippen LogP contribution in [-0.4, -0.2) is 11.0 Å². The summed E-state index contributed by atoms with van der Waals surface area (Å²) < 4.78 is 0. The molecule has 0 bridgehead atoms. The van der Waals surface area contributed by atoms with Gasteiger partial charge in [-0.25, -0.2) is 4.98 Å². The Bertz CT molecular complexity index is 341. The van der Waals surface area contributed by atoms with E-state index in [0.29, 0.717) is 0 Å². The van der Waals surface area contributed by atoms with Gasteiger partial charge >= 0.3 is 0 Å². The largest absolute Gasteiger partial charge is 0.543 e. The summed E-state index contributed by atoms with van der Waals surface area (Å²) >= 11 is 10.9. The average Bonchev–Trinajstić information content (AvgIpc) is 1.96. The van der Waals surface area contributed by atoms with Gasteiger partial charge in [-0.1, -0.05) is 23.2 Å². The van der Waals surface area contributed by atoms with E-state index in [1.54, 1.807) is 0 Å². The molecule has 0 spiro atoms. The van der Waals surface area contributed by atoms with E-state index in [1.165, 1.54) is 6.07 Å². The maximum atomic E-state index is 10.4. The van der Waals surface area contributed by atoms with Crippen molar-refractivity contribution in [2.75, 3.05) is 5.73 Å². The molecule has 0 saturated heterocycles.